The fourth-order valence-corrected chi connectivity index (χ4v) is 5.75. The minimum absolute atomic E-state index is 0.0173. The highest BCUT2D eigenvalue weighted by Crippen LogP contribution is 2.36. The Morgan fingerprint density at radius 2 is 1.96 bits per heavy atom. The number of Topliss-reactive ketones (excluding diaryl/α,β-unsaturated/α-hetero) is 1. The number of nitrogens with zero attached hydrogens (tertiary/aromatic N) is 2. The van der Waals surface area contributed by atoms with E-state index >= 15 is 0 Å². The van der Waals surface area contributed by atoms with E-state index in [1.54, 1.807) is 15.9 Å². The first kappa shape index (κ1) is 18.4. The summed E-state index contributed by atoms with van der Waals surface area (Å²) in [5.74, 6) is 0.453. The van der Waals surface area contributed by atoms with Gasteiger partial charge in [-0.25, -0.2) is 4.98 Å². The molecular formula is C21H22N2O2S2. The lowest BCUT2D eigenvalue weighted by Gasteiger charge is -2.17. The highest BCUT2D eigenvalue weighted by atomic mass is 32.2. The molecule has 0 N–H and O–H groups in total. The highest BCUT2D eigenvalue weighted by molar-refractivity contribution is 7.99. The third-order valence-electron chi connectivity index (χ3n) is 4.89. The maximum absolute atomic E-state index is 13.4. The van der Waals surface area contributed by atoms with E-state index in [0.717, 1.165) is 35.2 Å². The standard InChI is InChI=1S/C21H22N2O2S2/c1-21(2,3)16(24)12-26-20-22-18-17(14-10-7-11-15(14)27-18)19(25)23(20)13-8-5-4-6-9-13/h4-6,8-9H,7,10-12H2,1-3H3. The lowest BCUT2D eigenvalue weighted by Crippen LogP contribution is -2.24. The molecule has 1 aromatic carbocycles. The van der Waals surface area contributed by atoms with Crippen LogP contribution in [0.3, 0.4) is 0 Å². The number of rotatable bonds is 4. The molecule has 6 heteroatoms. The first-order valence-corrected chi connectivity index (χ1v) is 11.0. The molecule has 140 valence electrons. The molecule has 0 unspecified atom stereocenters. The molecule has 0 aliphatic heterocycles. The van der Waals surface area contributed by atoms with Crippen molar-refractivity contribution in [3.05, 3.63) is 51.1 Å². The fraction of sp³-hybridized carbons (Fsp3) is 0.381. The van der Waals surface area contributed by atoms with Crippen LogP contribution < -0.4 is 5.56 Å². The van der Waals surface area contributed by atoms with Crippen molar-refractivity contribution < 1.29 is 4.79 Å². The first-order valence-electron chi connectivity index (χ1n) is 9.15. The van der Waals surface area contributed by atoms with E-state index in [1.165, 1.54) is 22.2 Å². The van der Waals surface area contributed by atoms with E-state index in [9.17, 15) is 9.59 Å². The van der Waals surface area contributed by atoms with Gasteiger partial charge < -0.3 is 0 Å². The Morgan fingerprint density at radius 3 is 2.67 bits per heavy atom. The van der Waals surface area contributed by atoms with E-state index in [2.05, 4.69) is 0 Å². The van der Waals surface area contributed by atoms with Crippen LogP contribution in [0.2, 0.25) is 0 Å². The molecule has 0 saturated heterocycles. The Kier molecular flexibility index (Phi) is 4.72. The van der Waals surface area contributed by atoms with Crippen molar-refractivity contribution in [2.24, 2.45) is 5.41 Å². The van der Waals surface area contributed by atoms with Crippen molar-refractivity contribution in [2.45, 2.75) is 45.2 Å². The summed E-state index contributed by atoms with van der Waals surface area (Å²) in [5.41, 5.74) is 1.55. The van der Waals surface area contributed by atoms with Crippen molar-refractivity contribution in [3.63, 3.8) is 0 Å². The van der Waals surface area contributed by atoms with Crippen LogP contribution in [-0.4, -0.2) is 21.1 Å². The molecule has 2 aromatic heterocycles. The van der Waals surface area contributed by atoms with Crippen LogP contribution in [0.1, 0.15) is 37.6 Å². The Balaban J connectivity index is 1.87. The second-order valence-electron chi connectivity index (χ2n) is 7.87. The van der Waals surface area contributed by atoms with Crippen LogP contribution in [-0.2, 0) is 17.6 Å². The fourth-order valence-electron chi connectivity index (χ4n) is 3.27. The molecule has 27 heavy (non-hydrogen) atoms. The number of para-hydroxylation sites is 1. The molecule has 0 radical (unpaired) electrons. The van der Waals surface area contributed by atoms with E-state index in [0.29, 0.717) is 10.9 Å². The smallest absolute Gasteiger partial charge is 0.267 e. The summed E-state index contributed by atoms with van der Waals surface area (Å²) in [6, 6.07) is 9.59. The van der Waals surface area contributed by atoms with E-state index in [1.807, 2.05) is 51.1 Å². The van der Waals surface area contributed by atoms with Gasteiger partial charge in [-0.15, -0.1) is 11.3 Å². The van der Waals surface area contributed by atoms with Crippen LogP contribution in [0.15, 0.2) is 40.3 Å². The van der Waals surface area contributed by atoms with Crippen molar-refractivity contribution in [3.8, 4) is 5.69 Å². The molecule has 0 fully saturated rings. The minimum Gasteiger partial charge on any atom is -0.298 e. The molecule has 2 heterocycles. The predicted octanol–water partition coefficient (Wildman–Crippen LogP) is 4.64. The van der Waals surface area contributed by atoms with Gasteiger partial charge in [0.2, 0.25) is 0 Å². The maximum atomic E-state index is 13.4. The number of carbonyl (C=O) groups excluding carboxylic acids is 1. The third kappa shape index (κ3) is 3.36. The van der Waals surface area contributed by atoms with E-state index in [-0.39, 0.29) is 11.3 Å². The van der Waals surface area contributed by atoms with Gasteiger partial charge in [-0.2, -0.15) is 0 Å². The Bertz CT molecular complexity index is 1080. The highest BCUT2D eigenvalue weighted by Gasteiger charge is 2.25. The van der Waals surface area contributed by atoms with Gasteiger partial charge in [0.15, 0.2) is 5.16 Å². The average molecular weight is 399 g/mol. The maximum Gasteiger partial charge on any atom is 0.267 e. The van der Waals surface area contributed by atoms with Crippen LogP contribution in [0.25, 0.3) is 15.9 Å². The second kappa shape index (κ2) is 6.91. The van der Waals surface area contributed by atoms with Crippen molar-refractivity contribution in [1.82, 2.24) is 9.55 Å². The number of aryl methyl sites for hydroxylation is 2. The summed E-state index contributed by atoms with van der Waals surface area (Å²) in [4.78, 5) is 32.8. The Hall–Kier alpha value is -1.92. The monoisotopic (exact) mass is 398 g/mol. The number of carbonyl (C=O) groups is 1. The molecule has 0 atom stereocenters. The summed E-state index contributed by atoms with van der Waals surface area (Å²) < 4.78 is 1.67. The molecular weight excluding hydrogens is 376 g/mol. The summed E-state index contributed by atoms with van der Waals surface area (Å²) in [7, 11) is 0. The first-order chi connectivity index (χ1) is 12.9. The lowest BCUT2D eigenvalue weighted by molar-refractivity contribution is -0.123. The predicted molar refractivity (Wildman–Crippen MR) is 112 cm³/mol. The van der Waals surface area contributed by atoms with Gasteiger partial charge in [0.05, 0.1) is 16.8 Å². The molecule has 3 aromatic rings. The summed E-state index contributed by atoms with van der Waals surface area (Å²) in [6.45, 7) is 5.75. The van der Waals surface area contributed by atoms with Crippen LogP contribution >= 0.6 is 23.1 Å². The number of thiophene rings is 1. The molecule has 0 spiro atoms. The third-order valence-corrected chi connectivity index (χ3v) is 7.02. The lowest BCUT2D eigenvalue weighted by atomic mass is 9.92. The average Bonchev–Trinajstić information content (AvgIpc) is 3.20. The van der Waals surface area contributed by atoms with Crippen LogP contribution in [0.5, 0.6) is 0 Å². The summed E-state index contributed by atoms with van der Waals surface area (Å²) in [6.07, 6.45) is 3.10. The van der Waals surface area contributed by atoms with Gasteiger partial charge in [-0.05, 0) is 37.0 Å². The zero-order valence-electron chi connectivity index (χ0n) is 15.7. The topological polar surface area (TPSA) is 52.0 Å². The number of ketones is 1. The van der Waals surface area contributed by atoms with Crippen molar-refractivity contribution >= 4 is 39.1 Å². The SMILES string of the molecule is CC(C)(C)C(=O)CSc1nc2sc3c(c2c(=O)n1-c1ccccc1)CCC3. The number of benzene rings is 1. The molecule has 1 aliphatic carbocycles. The van der Waals surface area contributed by atoms with Gasteiger partial charge in [-0.1, -0.05) is 50.7 Å². The van der Waals surface area contributed by atoms with Gasteiger partial charge in [0, 0.05) is 10.3 Å². The summed E-state index contributed by atoms with van der Waals surface area (Å²) >= 11 is 2.99. The van der Waals surface area contributed by atoms with Crippen LogP contribution in [0, 0.1) is 5.41 Å². The number of fused-ring (bicyclic) bond motifs is 3. The molecule has 4 nitrogen and oxygen atoms in total. The number of hydrogen-bond acceptors (Lipinski definition) is 5. The zero-order valence-corrected chi connectivity index (χ0v) is 17.4. The quantitative estimate of drug-likeness (QED) is 0.474. The van der Waals surface area contributed by atoms with Gasteiger partial charge in [-0.3, -0.25) is 14.2 Å². The Morgan fingerprint density at radius 1 is 1.22 bits per heavy atom. The molecule has 0 amide bonds. The van der Waals surface area contributed by atoms with E-state index in [4.69, 9.17) is 4.98 Å². The number of aromatic nitrogens is 2. The van der Waals surface area contributed by atoms with Crippen molar-refractivity contribution in [1.29, 1.82) is 0 Å². The van der Waals surface area contributed by atoms with Crippen LogP contribution in [0.4, 0.5) is 0 Å². The minimum atomic E-state index is -0.404. The molecule has 1 aliphatic rings. The molecule has 0 saturated carbocycles. The number of hydrogen-bond donors (Lipinski definition) is 0. The zero-order chi connectivity index (χ0) is 19.2. The van der Waals surface area contributed by atoms with Gasteiger partial charge in [0.1, 0.15) is 10.6 Å². The van der Waals surface area contributed by atoms with E-state index < -0.39 is 5.41 Å². The number of thioether (sulfide) groups is 1. The second-order valence-corrected chi connectivity index (χ2v) is 9.90. The normalized spacial score (nSPS) is 13.9. The van der Waals surface area contributed by atoms with Gasteiger partial charge >= 0.3 is 0 Å². The molecule has 4 rings (SSSR count). The molecule has 0 bridgehead atoms. The summed E-state index contributed by atoms with van der Waals surface area (Å²) in [5, 5.41) is 1.36. The largest absolute Gasteiger partial charge is 0.298 e. The van der Waals surface area contributed by atoms with Gasteiger partial charge in [0.25, 0.3) is 5.56 Å². The van der Waals surface area contributed by atoms with Crippen molar-refractivity contribution in [2.75, 3.05) is 5.75 Å². The Labute approximate surface area is 166 Å².